The molecule has 1 fully saturated rings. The lowest BCUT2D eigenvalue weighted by molar-refractivity contribution is -0.125. The summed E-state index contributed by atoms with van der Waals surface area (Å²) in [4.78, 5) is 12.7. The fraction of sp³-hybridized carbons (Fsp3) is 0.350. The highest BCUT2D eigenvalue weighted by Gasteiger charge is 2.34. The van der Waals surface area contributed by atoms with Crippen molar-refractivity contribution in [2.45, 2.75) is 19.0 Å². The summed E-state index contributed by atoms with van der Waals surface area (Å²) in [6.07, 6.45) is 7.64. The number of rotatable bonds is 6. The molecule has 3 aromatic rings. The topological polar surface area (TPSA) is 76.8 Å². The maximum atomic E-state index is 12.7. The zero-order valence-corrected chi connectivity index (χ0v) is 16.6. The molecule has 2 atom stereocenters. The van der Waals surface area contributed by atoms with E-state index in [9.17, 15) is 4.79 Å². The quantitative estimate of drug-likeness (QED) is 0.660. The van der Waals surface area contributed by atoms with Gasteiger partial charge in [-0.15, -0.1) is 12.4 Å². The Morgan fingerprint density at radius 2 is 1.96 bits per heavy atom. The molecule has 148 valence electrons. The molecular weight excluding hydrogens is 376 g/mol. The monoisotopic (exact) mass is 400 g/mol. The lowest BCUT2D eigenvalue weighted by Crippen LogP contribution is -2.33. The van der Waals surface area contributed by atoms with Gasteiger partial charge >= 0.3 is 0 Å². The summed E-state index contributed by atoms with van der Waals surface area (Å²) in [5, 5.41) is 15.0. The molecule has 0 bridgehead atoms. The number of hydrogen-bond donors (Lipinski definition) is 2. The molecule has 8 heteroatoms. The molecule has 1 aromatic carbocycles. The van der Waals surface area contributed by atoms with Gasteiger partial charge in [-0.25, -0.2) is 0 Å². The van der Waals surface area contributed by atoms with Crippen LogP contribution in [0.3, 0.4) is 0 Å². The predicted octanol–water partition coefficient (Wildman–Crippen LogP) is 1.71. The number of carbonyl (C=O) groups excluding carboxylic acids is 1. The largest absolute Gasteiger partial charge is 0.352 e. The van der Waals surface area contributed by atoms with Crippen molar-refractivity contribution in [2.75, 3.05) is 13.1 Å². The summed E-state index contributed by atoms with van der Waals surface area (Å²) in [5.41, 5.74) is 3.31. The first kappa shape index (κ1) is 20.1. The Labute approximate surface area is 170 Å². The van der Waals surface area contributed by atoms with E-state index in [1.807, 2.05) is 54.7 Å². The van der Waals surface area contributed by atoms with Gasteiger partial charge in [0.2, 0.25) is 5.91 Å². The molecule has 28 heavy (non-hydrogen) atoms. The Bertz CT molecular complexity index is 906. The molecule has 4 rings (SSSR count). The molecule has 1 saturated heterocycles. The van der Waals surface area contributed by atoms with E-state index in [1.165, 1.54) is 5.56 Å². The fourth-order valence-corrected chi connectivity index (χ4v) is 3.61. The minimum Gasteiger partial charge on any atom is -0.352 e. The van der Waals surface area contributed by atoms with Crippen LogP contribution >= 0.6 is 12.4 Å². The van der Waals surface area contributed by atoms with Crippen molar-refractivity contribution in [2.24, 2.45) is 13.0 Å². The van der Waals surface area contributed by atoms with Gasteiger partial charge in [-0.05, 0) is 11.1 Å². The van der Waals surface area contributed by atoms with E-state index in [0.717, 1.165) is 24.2 Å². The number of aromatic nitrogens is 4. The first-order valence-electron chi connectivity index (χ1n) is 9.21. The minimum atomic E-state index is -0.0754. The fourth-order valence-electron chi connectivity index (χ4n) is 3.61. The number of amides is 1. The van der Waals surface area contributed by atoms with E-state index in [4.69, 9.17) is 0 Å². The van der Waals surface area contributed by atoms with Crippen LogP contribution in [-0.2, 0) is 24.9 Å². The van der Waals surface area contributed by atoms with Crippen LogP contribution in [0.25, 0.3) is 0 Å². The van der Waals surface area contributed by atoms with Crippen molar-refractivity contribution in [3.63, 3.8) is 0 Å². The number of benzene rings is 1. The average Bonchev–Trinajstić information content (AvgIpc) is 3.41. The van der Waals surface area contributed by atoms with Crippen LogP contribution in [0.5, 0.6) is 0 Å². The first-order valence-corrected chi connectivity index (χ1v) is 9.21. The van der Waals surface area contributed by atoms with E-state index in [-0.39, 0.29) is 30.2 Å². The van der Waals surface area contributed by atoms with Crippen LogP contribution in [0.2, 0.25) is 0 Å². The van der Waals surface area contributed by atoms with E-state index in [2.05, 4.69) is 33.0 Å². The van der Waals surface area contributed by atoms with Gasteiger partial charge in [0, 0.05) is 50.6 Å². The van der Waals surface area contributed by atoms with Crippen LogP contribution in [-0.4, -0.2) is 38.6 Å². The number of hydrogen-bond acceptors (Lipinski definition) is 4. The Morgan fingerprint density at radius 1 is 1.14 bits per heavy atom. The van der Waals surface area contributed by atoms with Crippen LogP contribution < -0.4 is 10.6 Å². The smallest absolute Gasteiger partial charge is 0.225 e. The maximum absolute atomic E-state index is 12.7. The van der Waals surface area contributed by atoms with E-state index in [1.54, 1.807) is 4.68 Å². The highest BCUT2D eigenvalue weighted by molar-refractivity contribution is 5.85. The third kappa shape index (κ3) is 4.61. The number of halogens is 1. The Morgan fingerprint density at radius 3 is 2.71 bits per heavy atom. The SMILES string of the molecule is Cl.Cn1cc([C@H]2CNC[C@@H]2C(=O)NCc2cnn(Cc3ccccc3)c2)cn1. The number of nitrogens with zero attached hydrogens (tertiary/aromatic N) is 4. The second kappa shape index (κ2) is 9.03. The van der Waals surface area contributed by atoms with Gasteiger partial charge in [0.15, 0.2) is 0 Å². The normalized spacial score (nSPS) is 18.6. The summed E-state index contributed by atoms with van der Waals surface area (Å²) >= 11 is 0. The molecule has 0 spiro atoms. The van der Waals surface area contributed by atoms with Crippen molar-refractivity contribution in [3.8, 4) is 0 Å². The highest BCUT2D eigenvalue weighted by Crippen LogP contribution is 2.27. The summed E-state index contributed by atoms with van der Waals surface area (Å²) in [7, 11) is 1.90. The van der Waals surface area contributed by atoms with Crippen molar-refractivity contribution < 1.29 is 4.79 Å². The Hall–Kier alpha value is -2.64. The van der Waals surface area contributed by atoms with Crippen molar-refractivity contribution >= 4 is 18.3 Å². The average molecular weight is 401 g/mol. The van der Waals surface area contributed by atoms with Gasteiger partial charge in [-0.3, -0.25) is 14.2 Å². The standard InChI is InChI=1S/C20H24N6O.ClH/c1-25-14-17(9-23-25)18-10-21-11-19(18)20(27)22-7-16-8-24-26(13-16)12-15-5-3-2-4-6-15;/h2-6,8-9,13-14,18-19,21H,7,10-12H2,1H3,(H,22,27);1H/t18-,19+;/m1./s1. The summed E-state index contributed by atoms with van der Waals surface area (Å²) < 4.78 is 3.68. The molecule has 3 heterocycles. The number of nitrogens with one attached hydrogen (secondary N) is 2. The molecule has 0 radical (unpaired) electrons. The van der Waals surface area contributed by atoms with Gasteiger partial charge in [0.1, 0.15) is 0 Å². The van der Waals surface area contributed by atoms with Gasteiger partial charge < -0.3 is 10.6 Å². The molecule has 0 saturated carbocycles. The minimum absolute atomic E-state index is 0. The Balaban J connectivity index is 0.00000225. The lowest BCUT2D eigenvalue weighted by atomic mass is 9.90. The van der Waals surface area contributed by atoms with Gasteiger partial charge in [0.05, 0.1) is 24.9 Å². The summed E-state index contributed by atoms with van der Waals surface area (Å²) in [6.45, 7) is 2.71. The summed E-state index contributed by atoms with van der Waals surface area (Å²) in [5.74, 6) is 0.165. The third-order valence-corrected chi connectivity index (χ3v) is 5.04. The second-order valence-electron chi connectivity index (χ2n) is 7.07. The van der Waals surface area contributed by atoms with Gasteiger partial charge in [-0.2, -0.15) is 10.2 Å². The molecule has 0 aliphatic carbocycles. The lowest BCUT2D eigenvalue weighted by Gasteiger charge is -2.16. The Kier molecular flexibility index (Phi) is 6.49. The molecule has 1 amide bonds. The van der Waals surface area contributed by atoms with Crippen LogP contribution in [0.15, 0.2) is 55.1 Å². The molecule has 7 nitrogen and oxygen atoms in total. The highest BCUT2D eigenvalue weighted by atomic mass is 35.5. The van der Waals surface area contributed by atoms with E-state index < -0.39 is 0 Å². The second-order valence-corrected chi connectivity index (χ2v) is 7.07. The van der Waals surface area contributed by atoms with Crippen LogP contribution in [0, 0.1) is 5.92 Å². The van der Waals surface area contributed by atoms with Crippen molar-refractivity contribution in [1.29, 1.82) is 0 Å². The van der Waals surface area contributed by atoms with Crippen molar-refractivity contribution in [3.05, 3.63) is 71.8 Å². The predicted molar refractivity (Wildman–Crippen MR) is 109 cm³/mol. The number of carbonyl (C=O) groups is 1. The van der Waals surface area contributed by atoms with Crippen molar-refractivity contribution in [1.82, 2.24) is 30.2 Å². The first-order chi connectivity index (χ1) is 13.2. The third-order valence-electron chi connectivity index (χ3n) is 5.04. The zero-order chi connectivity index (χ0) is 18.6. The van der Waals surface area contributed by atoms with Gasteiger partial charge in [0.25, 0.3) is 0 Å². The zero-order valence-electron chi connectivity index (χ0n) is 15.8. The molecule has 0 unspecified atom stereocenters. The van der Waals surface area contributed by atoms with E-state index in [0.29, 0.717) is 13.1 Å². The van der Waals surface area contributed by atoms with Crippen LogP contribution in [0.4, 0.5) is 0 Å². The van der Waals surface area contributed by atoms with E-state index >= 15 is 0 Å². The summed E-state index contributed by atoms with van der Waals surface area (Å²) in [6, 6.07) is 10.2. The molecule has 2 N–H and O–H groups in total. The maximum Gasteiger partial charge on any atom is 0.225 e. The molecular formula is C20H25ClN6O. The van der Waals surface area contributed by atoms with Gasteiger partial charge in [-0.1, -0.05) is 30.3 Å². The number of aryl methyl sites for hydroxylation is 1. The molecule has 1 aliphatic heterocycles. The molecule has 2 aromatic heterocycles. The van der Waals surface area contributed by atoms with Crippen LogP contribution in [0.1, 0.15) is 22.6 Å². The molecule has 1 aliphatic rings.